The minimum absolute atomic E-state index is 0.0464. The Kier molecular flexibility index (Phi) is 5.94. The van der Waals surface area contributed by atoms with E-state index in [4.69, 9.17) is 14.9 Å². The predicted octanol–water partition coefficient (Wildman–Crippen LogP) is -0.623. The summed E-state index contributed by atoms with van der Waals surface area (Å²) in [4.78, 5) is 25.3. The van der Waals surface area contributed by atoms with E-state index in [1.165, 1.54) is 4.57 Å². The first kappa shape index (κ1) is 15.6. The van der Waals surface area contributed by atoms with Crippen molar-refractivity contribution in [2.45, 2.75) is 38.5 Å². The van der Waals surface area contributed by atoms with Crippen LogP contribution in [0, 0.1) is 0 Å². The van der Waals surface area contributed by atoms with Crippen molar-refractivity contribution in [3.05, 3.63) is 32.6 Å². The summed E-state index contributed by atoms with van der Waals surface area (Å²) < 4.78 is 6.91. The summed E-state index contributed by atoms with van der Waals surface area (Å²) in [6, 6.07) is 0. The van der Waals surface area contributed by atoms with Crippen LogP contribution in [0.4, 0.5) is 0 Å². The van der Waals surface area contributed by atoms with E-state index in [0.717, 1.165) is 7.11 Å². The molecule has 2 unspecified atom stereocenters. The Labute approximate surface area is 110 Å². The highest BCUT2D eigenvalue weighted by Gasteiger charge is 2.26. The Balaban J connectivity index is 0.000000861. The molecule has 1 aliphatic rings. The Bertz CT molecular complexity index is 508. The zero-order valence-electron chi connectivity index (χ0n) is 11.1. The molecular formula is C12H20N2O5. The normalized spacial score (nSPS) is 21.9. The number of aromatic amines is 1. The van der Waals surface area contributed by atoms with Crippen molar-refractivity contribution in [3.63, 3.8) is 0 Å². The van der Waals surface area contributed by atoms with E-state index in [9.17, 15) is 9.59 Å². The van der Waals surface area contributed by atoms with E-state index in [-0.39, 0.29) is 24.5 Å². The lowest BCUT2D eigenvalue weighted by Gasteiger charge is -2.15. The molecule has 1 saturated heterocycles. The minimum Gasteiger partial charge on any atom is -0.400 e. The summed E-state index contributed by atoms with van der Waals surface area (Å²) in [5, 5.41) is 16.0. The van der Waals surface area contributed by atoms with E-state index in [0.29, 0.717) is 24.8 Å². The summed E-state index contributed by atoms with van der Waals surface area (Å²) in [5.41, 5.74) is -0.248. The molecule has 0 radical (unpaired) electrons. The van der Waals surface area contributed by atoms with E-state index >= 15 is 0 Å². The van der Waals surface area contributed by atoms with E-state index in [1.54, 1.807) is 6.20 Å². The lowest BCUT2D eigenvalue weighted by molar-refractivity contribution is -0.0247. The van der Waals surface area contributed by atoms with Gasteiger partial charge in [-0.1, -0.05) is 6.92 Å². The average molecular weight is 272 g/mol. The Morgan fingerprint density at radius 3 is 2.63 bits per heavy atom. The first-order chi connectivity index (χ1) is 9.15. The topological polar surface area (TPSA) is 105 Å². The quantitative estimate of drug-likeness (QED) is 0.680. The van der Waals surface area contributed by atoms with E-state index < -0.39 is 5.69 Å². The molecule has 0 aromatic carbocycles. The van der Waals surface area contributed by atoms with Gasteiger partial charge in [0.1, 0.15) is 6.23 Å². The van der Waals surface area contributed by atoms with E-state index in [2.05, 4.69) is 4.98 Å². The van der Waals surface area contributed by atoms with Gasteiger partial charge in [-0.25, -0.2) is 4.79 Å². The van der Waals surface area contributed by atoms with Gasteiger partial charge in [-0.15, -0.1) is 0 Å². The first-order valence-electron chi connectivity index (χ1n) is 6.21. The fraction of sp³-hybridized carbons (Fsp3) is 0.667. The van der Waals surface area contributed by atoms with Crippen LogP contribution in [0.1, 0.15) is 31.6 Å². The highest BCUT2D eigenvalue weighted by Crippen LogP contribution is 2.26. The number of H-pyrrole nitrogens is 1. The molecule has 2 heterocycles. The monoisotopic (exact) mass is 272 g/mol. The number of nitrogens with zero attached hydrogens (tertiary/aromatic N) is 1. The molecule has 0 amide bonds. The van der Waals surface area contributed by atoms with Crippen molar-refractivity contribution >= 4 is 0 Å². The number of hydrogen-bond acceptors (Lipinski definition) is 5. The van der Waals surface area contributed by atoms with E-state index in [1.807, 2.05) is 6.92 Å². The largest absolute Gasteiger partial charge is 0.400 e. The number of hydrogen-bond donors (Lipinski definition) is 3. The van der Waals surface area contributed by atoms with Gasteiger partial charge in [0.05, 0.1) is 12.7 Å². The molecule has 3 N–H and O–H groups in total. The standard InChI is InChI=1S/C11H16N2O4.CH4O/c1-2-7-5-13(11(16)12-10(7)15)9-4-3-8(6-14)17-9;1-2/h5,8-9,14H,2-4,6H2,1H3,(H,12,15,16);2H,1H3. The van der Waals surface area contributed by atoms with Crippen molar-refractivity contribution < 1.29 is 14.9 Å². The van der Waals surface area contributed by atoms with Crippen molar-refractivity contribution in [1.29, 1.82) is 0 Å². The molecule has 1 fully saturated rings. The maximum Gasteiger partial charge on any atom is 0.330 e. The lowest BCUT2D eigenvalue weighted by atomic mass is 10.2. The average Bonchev–Trinajstić information content (AvgIpc) is 2.90. The van der Waals surface area contributed by atoms with Crippen LogP contribution in [0.5, 0.6) is 0 Å². The van der Waals surface area contributed by atoms with Crippen LogP contribution in [-0.4, -0.2) is 39.6 Å². The molecule has 0 bridgehead atoms. The van der Waals surface area contributed by atoms with Gasteiger partial charge in [0.15, 0.2) is 0 Å². The Morgan fingerprint density at radius 2 is 2.11 bits per heavy atom. The summed E-state index contributed by atoms with van der Waals surface area (Å²) >= 11 is 0. The van der Waals surface area contributed by atoms with Crippen LogP contribution in [0.3, 0.4) is 0 Å². The van der Waals surface area contributed by atoms with Crippen molar-refractivity contribution in [3.8, 4) is 0 Å². The molecule has 19 heavy (non-hydrogen) atoms. The highest BCUT2D eigenvalue weighted by atomic mass is 16.5. The number of aryl methyl sites for hydroxylation is 1. The van der Waals surface area contributed by atoms with Gasteiger partial charge in [0, 0.05) is 18.9 Å². The third-order valence-electron chi connectivity index (χ3n) is 3.02. The minimum atomic E-state index is -0.462. The van der Waals surface area contributed by atoms with Gasteiger partial charge in [0.25, 0.3) is 5.56 Å². The van der Waals surface area contributed by atoms with Crippen LogP contribution >= 0.6 is 0 Å². The second-order valence-corrected chi connectivity index (χ2v) is 4.15. The van der Waals surface area contributed by atoms with Crippen LogP contribution in [0.2, 0.25) is 0 Å². The fourth-order valence-corrected chi connectivity index (χ4v) is 2.02. The van der Waals surface area contributed by atoms with Gasteiger partial charge in [-0.3, -0.25) is 14.3 Å². The first-order valence-corrected chi connectivity index (χ1v) is 6.21. The van der Waals surface area contributed by atoms with Crippen LogP contribution in [0.25, 0.3) is 0 Å². The smallest absolute Gasteiger partial charge is 0.330 e. The van der Waals surface area contributed by atoms with Crippen molar-refractivity contribution in [1.82, 2.24) is 9.55 Å². The van der Waals surface area contributed by atoms with Crippen molar-refractivity contribution in [2.75, 3.05) is 13.7 Å². The number of aliphatic hydroxyl groups is 2. The van der Waals surface area contributed by atoms with Gasteiger partial charge in [-0.05, 0) is 19.3 Å². The summed E-state index contributed by atoms with van der Waals surface area (Å²) in [6.07, 6.45) is 2.89. The molecule has 2 rings (SSSR count). The summed E-state index contributed by atoms with van der Waals surface area (Å²) in [6.45, 7) is 1.81. The SMILES string of the molecule is CCc1cn(C2CCC(CO)O2)c(=O)[nH]c1=O.CO. The summed E-state index contributed by atoms with van der Waals surface area (Å²) in [7, 11) is 1.00. The number of aliphatic hydroxyl groups excluding tert-OH is 2. The molecule has 0 saturated carbocycles. The molecule has 0 aliphatic carbocycles. The number of rotatable bonds is 3. The zero-order chi connectivity index (χ0) is 14.4. The number of nitrogens with one attached hydrogen (secondary N) is 1. The van der Waals surface area contributed by atoms with Gasteiger partial charge in [0.2, 0.25) is 0 Å². The van der Waals surface area contributed by atoms with Crippen LogP contribution < -0.4 is 11.2 Å². The molecule has 7 heteroatoms. The van der Waals surface area contributed by atoms with Gasteiger partial charge < -0.3 is 14.9 Å². The van der Waals surface area contributed by atoms with Crippen LogP contribution in [0.15, 0.2) is 15.8 Å². The van der Waals surface area contributed by atoms with Crippen LogP contribution in [-0.2, 0) is 11.2 Å². The highest BCUT2D eigenvalue weighted by molar-refractivity contribution is 5.04. The molecule has 108 valence electrons. The summed E-state index contributed by atoms with van der Waals surface area (Å²) in [5.74, 6) is 0. The fourth-order valence-electron chi connectivity index (χ4n) is 2.02. The third-order valence-corrected chi connectivity index (χ3v) is 3.02. The molecular weight excluding hydrogens is 252 g/mol. The molecule has 2 atom stereocenters. The Hall–Kier alpha value is -1.44. The number of ether oxygens (including phenoxy) is 1. The van der Waals surface area contributed by atoms with Crippen molar-refractivity contribution in [2.24, 2.45) is 0 Å². The lowest BCUT2D eigenvalue weighted by Crippen LogP contribution is -2.34. The molecule has 1 aromatic heterocycles. The molecule has 0 spiro atoms. The molecule has 1 aromatic rings. The van der Waals surface area contributed by atoms with Gasteiger partial charge >= 0.3 is 5.69 Å². The molecule has 7 nitrogen and oxygen atoms in total. The molecule has 1 aliphatic heterocycles. The maximum atomic E-state index is 11.7. The third kappa shape index (κ3) is 3.52. The predicted molar refractivity (Wildman–Crippen MR) is 69.1 cm³/mol. The van der Waals surface area contributed by atoms with Gasteiger partial charge in [-0.2, -0.15) is 0 Å². The Morgan fingerprint density at radius 1 is 1.42 bits per heavy atom. The zero-order valence-corrected chi connectivity index (χ0v) is 11.1. The second kappa shape index (κ2) is 7.22. The number of aromatic nitrogens is 2. The second-order valence-electron chi connectivity index (χ2n) is 4.15. The maximum absolute atomic E-state index is 11.7.